The van der Waals surface area contributed by atoms with Gasteiger partial charge >= 0.3 is 5.97 Å². The lowest BCUT2D eigenvalue weighted by Gasteiger charge is -2.21. The van der Waals surface area contributed by atoms with Crippen LogP contribution in [-0.4, -0.2) is 12.6 Å². The molecule has 2 saturated carbocycles. The second-order valence-electron chi connectivity index (χ2n) is 7.20. The normalized spacial score (nSPS) is 29.7. The maximum atomic E-state index is 12.2. The molecular formula is C17H28O2. The molecule has 0 radical (unpaired) electrons. The summed E-state index contributed by atoms with van der Waals surface area (Å²) in [5, 5.41) is 0. The van der Waals surface area contributed by atoms with E-state index in [1.807, 2.05) is 0 Å². The van der Waals surface area contributed by atoms with Crippen molar-refractivity contribution >= 4 is 5.97 Å². The molecule has 2 fully saturated rings. The Morgan fingerprint density at radius 3 is 2.42 bits per heavy atom. The number of carbonyl (C=O) groups is 1. The van der Waals surface area contributed by atoms with Crippen molar-refractivity contribution in [1.29, 1.82) is 0 Å². The van der Waals surface area contributed by atoms with Crippen LogP contribution < -0.4 is 0 Å². The third-order valence-electron chi connectivity index (χ3n) is 4.86. The lowest BCUT2D eigenvalue weighted by Crippen LogP contribution is -2.19. The van der Waals surface area contributed by atoms with Crippen molar-refractivity contribution in [2.75, 3.05) is 6.61 Å². The minimum Gasteiger partial charge on any atom is -0.465 e. The van der Waals surface area contributed by atoms with Crippen LogP contribution in [0.25, 0.3) is 0 Å². The van der Waals surface area contributed by atoms with Gasteiger partial charge in [-0.15, -0.1) is 0 Å². The first kappa shape index (κ1) is 14.6. The van der Waals surface area contributed by atoms with Crippen LogP contribution >= 0.6 is 0 Å². The van der Waals surface area contributed by atoms with Gasteiger partial charge in [-0.25, -0.2) is 0 Å². The van der Waals surface area contributed by atoms with Crippen LogP contribution in [0.1, 0.15) is 59.8 Å². The number of allylic oxidation sites excluding steroid dienone is 2. The Morgan fingerprint density at radius 1 is 1.21 bits per heavy atom. The molecule has 0 aromatic carbocycles. The fourth-order valence-electron chi connectivity index (χ4n) is 3.44. The highest BCUT2D eigenvalue weighted by atomic mass is 16.5. The highest BCUT2D eigenvalue weighted by Crippen LogP contribution is 2.59. The summed E-state index contributed by atoms with van der Waals surface area (Å²) in [5.74, 6) is 1.09. The summed E-state index contributed by atoms with van der Waals surface area (Å²) in [7, 11) is 0. The molecule has 108 valence electrons. The van der Waals surface area contributed by atoms with Crippen LogP contribution in [0.2, 0.25) is 0 Å². The Morgan fingerprint density at radius 2 is 1.84 bits per heavy atom. The van der Waals surface area contributed by atoms with Gasteiger partial charge in [-0.2, -0.15) is 0 Å². The van der Waals surface area contributed by atoms with Crippen LogP contribution in [-0.2, 0) is 9.53 Å². The second kappa shape index (κ2) is 5.68. The molecule has 0 spiro atoms. The van der Waals surface area contributed by atoms with E-state index in [0.29, 0.717) is 18.4 Å². The SMILES string of the molecule is CC(C)=CC1C(C(=O)OCC2CCCCC2)C1(C)C. The Hall–Kier alpha value is -0.790. The molecule has 0 saturated heterocycles. The Balaban J connectivity index is 1.82. The van der Waals surface area contributed by atoms with E-state index < -0.39 is 0 Å². The van der Waals surface area contributed by atoms with Crippen LogP contribution in [0.3, 0.4) is 0 Å². The quantitative estimate of drug-likeness (QED) is 0.557. The van der Waals surface area contributed by atoms with Gasteiger partial charge in [-0.1, -0.05) is 44.8 Å². The summed E-state index contributed by atoms with van der Waals surface area (Å²) in [6.45, 7) is 9.18. The van der Waals surface area contributed by atoms with E-state index in [4.69, 9.17) is 4.74 Å². The maximum Gasteiger partial charge on any atom is 0.310 e. The van der Waals surface area contributed by atoms with Gasteiger partial charge in [0.1, 0.15) is 0 Å². The summed E-state index contributed by atoms with van der Waals surface area (Å²) >= 11 is 0. The zero-order valence-electron chi connectivity index (χ0n) is 12.9. The predicted octanol–water partition coefficient (Wildman–Crippen LogP) is 4.35. The molecule has 0 aromatic heterocycles. The molecule has 2 aliphatic rings. The van der Waals surface area contributed by atoms with Gasteiger partial charge in [0.25, 0.3) is 0 Å². The summed E-state index contributed by atoms with van der Waals surface area (Å²) in [6, 6.07) is 0. The highest BCUT2D eigenvalue weighted by Gasteiger charge is 2.61. The third kappa shape index (κ3) is 3.40. The zero-order chi connectivity index (χ0) is 14.0. The molecule has 2 unspecified atom stereocenters. The molecule has 0 heterocycles. The molecule has 19 heavy (non-hydrogen) atoms. The van der Waals surface area contributed by atoms with Crippen LogP contribution in [0, 0.1) is 23.2 Å². The molecule has 0 amide bonds. The molecule has 0 N–H and O–H groups in total. The van der Waals surface area contributed by atoms with Crippen molar-refractivity contribution in [1.82, 2.24) is 0 Å². The number of rotatable bonds is 4. The van der Waals surface area contributed by atoms with Crippen molar-refractivity contribution in [2.45, 2.75) is 59.8 Å². The van der Waals surface area contributed by atoms with E-state index in [1.165, 1.54) is 37.7 Å². The molecule has 2 rings (SSSR count). The minimum absolute atomic E-state index is 0.0260. The number of ether oxygens (including phenoxy) is 1. The first-order valence-electron chi connectivity index (χ1n) is 7.74. The highest BCUT2D eigenvalue weighted by molar-refractivity contribution is 5.78. The summed E-state index contributed by atoms with van der Waals surface area (Å²) in [6.07, 6.45) is 8.65. The fourth-order valence-corrected chi connectivity index (χ4v) is 3.44. The third-order valence-corrected chi connectivity index (χ3v) is 4.86. The van der Waals surface area contributed by atoms with E-state index in [2.05, 4.69) is 33.8 Å². The molecule has 0 aliphatic heterocycles. The van der Waals surface area contributed by atoms with Crippen molar-refractivity contribution in [3.63, 3.8) is 0 Å². The first-order chi connectivity index (χ1) is 8.93. The van der Waals surface area contributed by atoms with Gasteiger partial charge in [0, 0.05) is 0 Å². The number of hydrogen-bond donors (Lipinski definition) is 0. The summed E-state index contributed by atoms with van der Waals surface area (Å²) in [4.78, 5) is 12.2. The van der Waals surface area contributed by atoms with E-state index in [0.717, 1.165) is 0 Å². The molecule has 2 heteroatoms. The Kier molecular flexibility index (Phi) is 4.37. The molecule has 2 aliphatic carbocycles. The monoisotopic (exact) mass is 264 g/mol. The molecule has 0 bridgehead atoms. The summed E-state index contributed by atoms with van der Waals surface area (Å²) in [5.41, 5.74) is 1.38. The Bertz CT molecular complexity index is 357. The lowest BCUT2D eigenvalue weighted by molar-refractivity contribution is -0.147. The standard InChI is InChI=1S/C17H28O2/c1-12(2)10-14-15(17(14,3)4)16(18)19-11-13-8-6-5-7-9-13/h10,13-15H,5-9,11H2,1-4H3. The maximum absolute atomic E-state index is 12.2. The minimum atomic E-state index is 0.0260. The lowest BCUT2D eigenvalue weighted by atomic mass is 9.90. The van der Waals surface area contributed by atoms with Crippen LogP contribution in [0.15, 0.2) is 11.6 Å². The molecular weight excluding hydrogens is 236 g/mol. The largest absolute Gasteiger partial charge is 0.465 e. The topological polar surface area (TPSA) is 26.3 Å². The van der Waals surface area contributed by atoms with Crippen molar-refractivity contribution in [2.24, 2.45) is 23.2 Å². The number of esters is 1. The molecule has 0 aromatic rings. The zero-order valence-corrected chi connectivity index (χ0v) is 12.9. The van der Waals surface area contributed by atoms with E-state index in [1.54, 1.807) is 0 Å². The van der Waals surface area contributed by atoms with Gasteiger partial charge in [0.15, 0.2) is 0 Å². The second-order valence-corrected chi connectivity index (χ2v) is 7.20. The predicted molar refractivity (Wildman–Crippen MR) is 77.7 cm³/mol. The first-order valence-corrected chi connectivity index (χ1v) is 7.74. The fraction of sp³-hybridized carbons (Fsp3) is 0.824. The average Bonchev–Trinajstić information content (AvgIpc) is 2.88. The van der Waals surface area contributed by atoms with Crippen molar-refractivity contribution in [3.05, 3.63) is 11.6 Å². The van der Waals surface area contributed by atoms with Crippen LogP contribution in [0.5, 0.6) is 0 Å². The molecule has 2 nitrogen and oxygen atoms in total. The van der Waals surface area contributed by atoms with E-state index in [-0.39, 0.29) is 17.3 Å². The van der Waals surface area contributed by atoms with E-state index in [9.17, 15) is 4.79 Å². The van der Waals surface area contributed by atoms with Gasteiger partial charge in [0.2, 0.25) is 0 Å². The van der Waals surface area contributed by atoms with E-state index >= 15 is 0 Å². The van der Waals surface area contributed by atoms with Gasteiger partial charge in [0.05, 0.1) is 12.5 Å². The number of carbonyl (C=O) groups excluding carboxylic acids is 1. The van der Waals surface area contributed by atoms with Crippen molar-refractivity contribution in [3.8, 4) is 0 Å². The van der Waals surface area contributed by atoms with Crippen LogP contribution in [0.4, 0.5) is 0 Å². The average molecular weight is 264 g/mol. The van der Waals surface area contributed by atoms with Crippen molar-refractivity contribution < 1.29 is 9.53 Å². The van der Waals surface area contributed by atoms with Gasteiger partial charge in [-0.3, -0.25) is 4.79 Å². The van der Waals surface area contributed by atoms with Gasteiger partial charge in [-0.05, 0) is 43.9 Å². The Labute approximate surface area is 117 Å². The summed E-state index contributed by atoms with van der Waals surface area (Å²) < 4.78 is 5.58. The van der Waals surface area contributed by atoms with Gasteiger partial charge < -0.3 is 4.74 Å². The molecule has 2 atom stereocenters. The number of hydrogen-bond acceptors (Lipinski definition) is 2. The smallest absolute Gasteiger partial charge is 0.310 e.